The van der Waals surface area contributed by atoms with Crippen LogP contribution in [-0.2, 0) is 0 Å². The molecule has 2 rings (SSSR count). The molecule has 1 atom stereocenters. The Morgan fingerprint density at radius 1 is 1.06 bits per heavy atom. The van der Waals surface area contributed by atoms with Crippen molar-refractivity contribution in [2.75, 3.05) is 19.6 Å². The van der Waals surface area contributed by atoms with Gasteiger partial charge in [0.15, 0.2) is 0 Å². The second-order valence-electron chi connectivity index (χ2n) is 6.98. The van der Waals surface area contributed by atoms with E-state index in [1.807, 2.05) is 0 Å². The van der Waals surface area contributed by atoms with Crippen LogP contribution in [0.1, 0.15) is 65.7 Å². The van der Waals surface area contributed by atoms with Crippen LogP contribution in [0.3, 0.4) is 0 Å². The summed E-state index contributed by atoms with van der Waals surface area (Å²) in [5.74, 6) is 0.845. The maximum Gasteiger partial charge on any atom is 0.0337 e. The van der Waals surface area contributed by atoms with Gasteiger partial charge in [-0.25, -0.2) is 0 Å². The molecule has 1 spiro atoms. The lowest BCUT2D eigenvalue weighted by Gasteiger charge is -2.52. The Balaban J connectivity index is 1.98. The van der Waals surface area contributed by atoms with E-state index in [-0.39, 0.29) is 0 Å². The lowest BCUT2D eigenvalue weighted by Crippen LogP contribution is -2.64. The average Bonchev–Trinajstić information content (AvgIpc) is 2.37. The molecular formula is C16H32N2. The van der Waals surface area contributed by atoms with E-state index in [1.54, 1.807) is 0 Å². The van der Waals surface area contributed by atoms with E-state index in [4.69, 9.17) is 0 Å². The van der Waals surface area contributed by atoms with Gasteiger partial charge in [0.05, 0.1) is 0 Å². The van der Waals surface area contributed by atoms with Gasteiger partial charge in [0.25, 0.3) is 0 Å². The van der Waals surface area contributed by atoms with Crippen LogP contribution >= 0.6 is 0 Å². The molecule has 0 aromatic heterocycles. The molecule has 0 aromatic carbocycles. The SMILES string of the molecule is CC(C)CCC(C)N1CCNCC12CCCCC2. The maximum absolute atomic E-state index is 3.65. The number of hydrogen-bond donors (Lipinski definition) is 1. The molecule has 2 nitrogen and oxygen atoms in total. The molecule has 18 heavy (non-hydrogen) atoms. The van der Waals surface area contributed by atoms with E-state index in [0.717, 1.165) is 12.0 Å². The van der Waals surface area contributed by atoms with E-state index in [9.17, 15) is 0 Å². The summed E-state index contributed by atoms with van der Waals surface area (Å²) in [6.45, 7) is 10.8. The maximum atomic E-state index is 3.65. The largest absolute Gasteiger partial charge is 0.314 e. The van der Waals surface area contributed by atoms with E-state index >= 15 is 0 Å². The van der Waals surface area contributed by atoms with Crippen LogP contribution in [0.25, 0.3) is 0 Å². The Bertz CT molecular complexity index is 235. The zero-order valence-electron chi connectivity index (χ0n) is 12.7. The van der Waals surface area contributed by atoms with Crippen molar-refractivity contribution in [3.63, 3.8) is 0 Å². The number of piperazine rings is 1. The molecule has 1 saturated heterocycles. The van der Waals surface area contributed by atoms with E-state index < -0.39 is 0 Å². The summed E-state index contributed by atoms with van der Waals surface area (Å²) >= 11 is 0. The molecule has 1 saturated carbocycles. The van der Waals surface area contributed by atoms with Crippen molar-refractivity contribution in [3.8, 4) is 0 Å². The lowest BCUT2D eigenvalue weighted by atomic mass is 9.78. The van der Waals surface area contributed by atoms with Gasteiger partial charge in [0.2, 0.25) is 0 Å². The molecule has 1 aliphatic carbocycles. The van der Waals surface area contributed by atoms with Gasteiger partial charge in [-0.1, -0.05) is 33.1 Å². The zero-order chi connectivity index (χ0) is 13.0. The Morgan fingerprint density at radius 2 is 1.78 bits per heavy atom. The molecule has 1 aliphatic heterocycles. The Kier molecular flexibility index (Phi) is 5.08. The minimum Gasteiger partial charge on any atom is -0.314 e. The predicted octanol–water partition coefficient (Wildman–Crippen LogP) is 3.42. The fourth-order valence-electron chi connectivity index (χ4n) is 3.95. The summed E-state index contributed by atoms with van der Waals surface area (Å²) in [6, 6.07) is 0.771. The van der Waals surface area contributed by atoms with Gasteiger partial charge >= 0.3 is 0 Å². The van der Waals surface area contributed by atoms with Crippen LogP contribution in [0.4, 0.5) is 0 Å². The van der Waals surface area contributed by atoms with Crippen molar-refractivity contribution in [1.29, 1.82) is 0 Å². The normalized spacial score (nSPS) is 26.7. The monoisotopic (exact) mass is 252 g/mol. The molecular weight excluding hydrogens is 220 g/mol. The first-order chi connectivity index (χ1) is 8.64. The molecule has 106 valence electrons. The van der Waals surface area contributed by atoms with Gasteiger partial charge in [-0.2, -0.15) is 0 Å². The molecule has 0 bridgehead atoms. The van der Waals surface area contributed by atoms with Gasteiger partial charge in [0, 0.05) is 31.2 Å². The first-order valence-electron chi connectivity index (χ1n) is 8.11. The van der Waals surface area contributed by atoms with Crippen molar-refractivity contribution >= 4 is 0 Å². The molecule has 1 heterocycles. The minimum absolute atomic E-state index is 0.507. The smallest absolute Gasteiger partial charge is 0.0337 e. The van der Waals surface area contributed by atoms with Gasteiger partial charge in [-0.15, -0.1) is 0 Å². The van der Waals surface area contributed by atoms with Gasteiger partial charge < -0.3 is 5.32 Å². The number of nitrogens with one attached hydrogen (secondary N) is 1. The molecule has 0 radical (unpaired) electrons. The van der Waals surface area contributed by atoms with Gasteiger partial charge in [0.1, 0.15) is 0 Å². The summed E-state index contributed by atoms with van der Waals surface area (Å²) in [7, 11) is 0. The molecule has 1 unspecified atom stereocenters. The van der Waals surface area contributed by atoms with Crippen LogP contribution in [-0.4, -0.2) is 36.1 Å². The number of rotatable bonds is 4. The second-order valence-corrected chi connectivity index (χ2v) is 6.98. The van der Waals surface area contributed by atoms with Crippen molar-refractivity contribution in [3.05, 3.63) is 0 Å². The second kappa shape index (κ2) is 6.38. The van der Waals surface area contributed by atoms with Crippen molar-refractivity contribution in [2.24, 2.45) is 5.92 Å². The van der Waals surface area contributed by atoms with E-state index in [2.05, 4.69) is 31.0 Å². The zero-order valence-corrected chi connectivity index (χ0v) is 12.7. The van der Waals surface area contributed by atoms with Gasteiger partial charge in [-0.3, -0.25) is 4.90 Å². The van der Waals surface area contributed by atoms with Crippen LogP contribution < -0.4 is 5.32 Å². The van der Waals surface area contributed by atoms with Crippen molar-refractivity contribution in [2.45, 2.75) is 77.3 Å². The van der Waals surface area contributed by atoms with Crippen LogP contribution in [0.2, 0.25) is 0 Å². The van der Waals surface area contributed by atoms with Crippen LogP contribution in [0, 0.1) is 5.92 Å². The third kappa shape index (κ3) is 3.27. The highest BCUT2D eigenvalue weighted by molar-refractivity contribution is 4.99. The Hall–Kier alpha value is -0.0800. The number of hydrogen-bond acceptors (Lipinski definition) is 2. The first-order valence-corrected chi connectivity index (χ1v) is 8.11. The Morgan fingerprint density at radius 3 is 2.44 bits per heavy atom. The summed E-state index contributed by atoms with van der Waals surface area (Å²) in [6.07, 6.45) is 9.93. The average molecular weight is 252 g/mol. The molecule has 2 heteroatoms. The highest BCUT2D eigenvalue weighted by atomic mass is 15.3. The first kappa shape index (κ1) is 14.3. The highest BCUT2D eigenvalue weighted by Gasteiger charge is 2.41. The molecule has 0 aromatic rings. The molecule has 2 fully saturated rings. The molecule has 0 amide bonds. The van der Waals surface area contributed by atoms with Crippen molar-refractivity contribution in [1.82, 2.24) is 10.2 Å². The fraction of sp³-hybridized carbons (Fsp3) is 1.00. The van der Waals surface area contributed by atoms with E-state index in [0.29, 0.717) is 5.54 Å². The van der Waals surface area contributed by atoms with Crippen LogP contribution in [0.15, 0.2) is 0 Å². The summed E-state index contributed by atoms with van der Waals surface area (Å²) in [4.78, 5) is 2.87. The summed E-state index contributed by atoms with van der Waals surface area (Å²) < 4.78 is 0. The van der Waals surface area contributed by atoms with E-state index in [1.165, 1.54) is 64.6 Å². The molecule has 1 N–H and O–H groups in total. The molecule has 2 aliphatic rings. The fourth-order valence-corrected chi connectivity index (χ4v) is 3.95. The van der Waals surface area contributed by atoms with Crippen molar-refractivity contribution < 1.29 is 0 Å². The highest BCUT2D eigenvalue weighted by Crippen LogP contribution is 2.36. The third-order valence-electron chi connectivity index (χ3n) is 5.07. The minimum atomic E-state index is 0.507. The standard InChI is InChI=1S/C16H32N2/c1-14(2)7-8-15(3)18-12-11-17-13-16(18)9-5-4-6-10-16/h14-15,17H,4-13H2,1-3H3. The van der Waals surface area contributed by atoms with Gasteiger partial charge in [-0.05, 0) is 38.5 Å². The Labute approximate surface area is 114 Å². The topological polar surface area (TPSA) is 15.3 Å². The lowest BCUT2D eigenvalue weighted by molar-refractivity contribution is -0.00563. The van der Waals surface area contributed by atoms with Crippen LogP contribution in [0.5, 0.6) is 0 Å². The summed E-state index contributed by atoms with van der Waals surface area (Å²) in [5.41, 5.74) is 0.507. The summed E-state index contributed by atoms with van der Waals surface area (Å²) in [5, 5.41) is 3.65. The third-order valence-corrected chi connectivity index (χ3v) is 5.07. The quantitative estimate of drug-likeness (QED) is 0.825. The predicted molar refractivity (Wildman–Crippen MR) is 78.9 cm³/mol. The number of nitrogens with zero attached hydrogens (tertiary/aromatic N) is 1.